The lowest BCUT2D eigenvalue weighted by molar-refractivity contribution is -0.140. The number of carbonyl (C=O) groups is 2. The minimum atomic E-state index is -0.425. The van der Waals surface area contributed by atoms with Crippen LogP contribution >= 0.6 is 0 Å². The van der Waals surface area contributed by atoms with Crippen molar-refractivity contribution in [3.8, 4) is 6.07 Å². The van der Waals surface area contributed by atoms with E-state index < -0.39 is 5.97 Å². The fraction of sp³-hybridized carbons (Fsp3) is 0.667. The zero-order valence-electron chi connectivity index (χ0n) is 13.5. The lowest BCUT2D eigenvalue weighted by Crippen LogP contribution is -2.27. The van der Waals surface area contributed by atoms with Crippen molar-refractivity contribution in [3.05, 3.63) is 12.2 Å². The van der Waals surface area contributed by atoms with Gasteiger partial charge in [0.15, 0.2) is 0 Å². The lowest BCUT2D eigenvalue weighted by Gasteiger charge is -2.07. The Balaban J connectivity index is 3.17. The molecule has 0 rings (SSSR count). The Labute approximate surface area is 136 Å². The molecule has 0 fully saturated rings. The monoisotopic (exact) mass is 328 g/mol. The molecule has 0 heterocycles. The zero-order chi connectivity index (χ0) is 17.3. The van der Waals surface area contributed by atoms with E-state index in [-0.39, 0.29) is 18.9 Å². The van der Waals surface area contributed by atoms with Crippen molar-refractivity contribution in [2.24, 2.45) is 0 Å². The molecule has 0 atom stereocenters. The molecular formula is C15H24N2O6. The minimum Gasteiger partial charge on any atom is -0.460 e. The standard InChI is InChI=1S/C15H24N2O6/c1-13(2)15(19)23-12-11-22-10-9-21-8-7-20-6-5-17-14(18)3-4-16/h1,3,5-12H2,2H3,(H,17,18). The largest absolute Gasteiger partial charge is 0.460 e. The molecule has 0 spiro atoms. The van der Waals surface area contributed by atoms with Gasteiger partial charge in [-0.05, 0) is 6.92 Å². The van der Waals surface area contributed by atoms with Gasteiger partial charge in [-0.2, -0.15) is 5.26 Å². The number of nitrogens with one attached hydrogen (secondary N) is 1. The van der Waals surface area contributed by atoms with Gasteiger partial charge in [0.25, 0.3) is 0 Å². The Morgan fingerprint density at radius 2 is 1.52 bits per heavy atom. The summed E-state index contributed by atoms with van der Waals surface area (Å²) < 4.78 is 20.5. The predicted molar refractivity (Wildman–Crippen MR) is 81.5 cm³/mol. The number of carbonyl (C=O) groups excluding carboxylic acids is 2. The first-order chi connectivity index (χ1) is 11.1. The summed E-state index contributed by atoms with van der Waals surface area (Å²) in [5.41, 5.74) is 0.359. The average Bonchev–Trinajstić information content (AvgIpc) is 2.51. The van der Waals surface area contributed by atoms with E-state index in [2.05, 4.69) is 11.9 Å². The summed E-state index contributed by atoms with van der Waals surface area (Å²) in [5, 5.41) is 10.8. The van der Waals surface area contributed by atoms with Gasteiger partial charge in [-0.25, -0.2) is 4.79 Å². The second-order valence-electron chi connectivity index (χ2n) is 4.44. The number of hydrogen-bond acceptors (Lipinski definition) is 7. The maximum atomic E-state index is 11.0. The van der Waals surface area contributed by atoms with Crippen LogP contribution in [0.25, 0.3) is 0 Å². The van der Waals surface area contributed by atoms with E-state index in [1.165, 1.54) is 0 Å². The molecule has 0 aliphatic carbocycles. The predicted octanol–water partition coefficient (Wildman–Crippen LogP) is 0.185. The van der Waals surface area contributed by atoms with E-state index >= 15 is 0 Å². The van der Waals surface area contributed by atoms with Crippen LogP contribution in [0.1, 0.15) is 13.3 Å². The summed E-state index contributed by atoms with van der Waals surface area (Å²) in [7, 11) is 0. The first-order valence-corrected chi connectivity index (χ1v) is 7.27. The molecule has 1 amide bonds. The van der Waals surface area contributed by atoms with Gasteiger partial charge in [0.1, 0.15) is 13.0 Å². The van der Waals surface area contributed by atoms with Gasteiger partial charge in [0, 0.05) is 12.1 Å². The highest BCUT2D eigenvalue weighted by Crippen LogP contribution is 1.91. The maximum Gasteiger partial charge on any atom is 0.333 e. The van der Waals surface area contributed by atoms with Crippen LogP contribution in [0, 0.1) is 11.3 Å². The van der Waals surface area contributed by atoms with Crippen molar-refractivity contribution in [2.75, 3.05) is 52.8 Å². The van der Waals surface area contributed by atoms with Gasteiger partial charge in [-0.15, -0.1) is 0 Å². The fourth-order valence-corrected chi connectivity index (χ4v) is 1.26. The second kappa shape index (κ2) is 15.0. The molecule has 0 aromatic carbocycles. The van der Waals surface area contributed by atoms with Gasteiger partial charge in [0.05, 0.1) is 45.7 Å². The van der Waals surface area contributed by atoms with Crippen molar-refractivity contribution in [1.29, 1.82) is 5.26 Å². The van der Waals surface area contributed by atoms with Crippen molar-refractivity contribution in [3.63, 3.8) is 0 Å². The third-order valence-electron chi connectivity index (χ3n) is 2.36. The molecule has 8 heteroatoms. The molecule has 0 radical (unpaired) electrons. The van der Waals surface area contributed by atoms with Crippen LogP contribution < -0.4 is 5.32 Å². The Hall–Kier alpha value is -1.95. The number of nitriles is 1. The summed E-state index contributed by atoms with van der Waals surface area (Å²) in [5.74, 6) is -0.732. The highest BCUT2D eigenvalue weighted by atomic mass is 16.6. The summed E-state index contributed by atoms with van der Waals surface area (Å²) in [6.07, 6.45) is -0.143. The van der Waals surface area contributed by atoms with Crippen LogP contribution in [0.15, 0.2) is 12.2 Å². The van der Waals surface area contributed by atoms with Gasteiger partial charge in [0.2, 0.25) is 5.91 Å². The maximum absolute atomic E-state index is 11.0. The smallest absolute Gasteiger partial charge is 0.333 e. The zero-order valence-corrected chi connectivity index (χ0v) is 13.5. The van der Waals surface area contributed by atoms with Gasteiger partial charge in [-0.3, -0.25) is 4.79 Å². The number of rotatable bonds is 14. The Bertz CT molecular complexity index is 405. The van der Waals surface area contributed by atoms with Crippen molar-refractivity contribution in [1.82, 2.24) is 5.32 Å². The summed E-state index contributed by atoms with van der Waals surface area (Å²) >= 11 is 0. The molecule has 0 saturated heterocycles. The lowest BCUT2D eigenvalue weighted by atomic mass is 10.4. The van der Waals surface area contributed by atoms with Crippen LogP contribution in [0.4, 0.5) is 0 Å². The van der Waals surface area contributed by atoms with Crippen LogP contribution in [-0.4, -0.2) is 64.7 Å². The molecule has 0 aromatic heterocycles. The Morgan fingerprint density at radius 1 is 1.00 bits per heavy atom. The van der Waals surface area contributed by atoms with E-state index in [1.54, 1.807) is 13.0 Å². The second-order valence-corrected chi connectivity index (χ2v) is 4.44. The first-order valence-electron chi connectivity index (χ1n) is 7.27. The third-order valence-corrected chi connectivity index (χ3v) is 2.36. The highest BCUT2D eigenvalue weighted by Gasteiger charge is 2.01. The number of nitrogens with zero attached hydrogens (tertiary/aromatic N) is 1. The summed E-state index contributed by atoms with van der Waals surface area (Å²) in [4.78, 5) is 22.0. The molecule has 0 aromatic rings. The van der Waals surface area contributed by atoms with Gasteiger partial charge in [-0.1, -0.05) is 6.58 Å². The quantitative estimate of drug-likeness (QED) is 0.275. The van der Waals surface area contributed by atoms with Crippen LogP contribution in [-0.2, 0) is 28.5 Å². The number of esters is 1. The first kappa shape index (κ1) is 21.0. The number of ether oxygens (including phenoxy) is 4. The molecule has 0 saturated carbocycles. The third kappa shape index (κ3) is 14.7. The van der Waals surface area contributed by atoms with Crippen molar-refractivity contribution in [2.45, 2.75) is 13.3 Å². The molecule has 0 unspecified atom stereocenters. The molecule has 1 N–H and O–H groups in total. The Morgan fingerprint density at radius 3 is 2.04 bits per heavy atom. The van der Waals surface area contributed by atoms with Gasteiger partial charge < -0.3 is 24.3 Å². The normalized spacial score (nSPS) is 9.91. The topological polar surface area (TPSA) is 107 Å². The molecule has 130 valence electrons. The van der Waals surface area contributed by atoms with Crippen LogP contribution in [0.2, 0.25) is 0 Å². The number of hydrogen-bond donors (Lipinski definition) is 1. The average molecular weight is 328 g/mol. The molecule has 23 heavy (non-hydrogen) atoms. The SMILES string of the molecule is C=C(C)C(=O)OCCOCCOCCOCCNC(=O)CC#N. The van der Waals surface area contributed by atoms with Crippen molar-refractivity contribution >= 4 is 11.9 Å². The van der Waals surface area contributed by atoms with E-state index in [0.717, 1.165) is 0 Å². The minimum absolute atomic E-state index is 0.143. The molecule has 0 aliphatic heterocycles. The molecule has 0 aliphatic rings. The van der Waals surface area contributed by atoms with E-state index in [4.69, 9.17) is 24.2 Å². The Kier molecular flexibility index (Phi) is 13.7. The van der Waals surface area contributed by atoms with E-state index in [1.807, 2.05) is 0 Å². The highest BCUT2D eigenvalue weighted by molar-refractivity contribution is 5.86. The molecule has 8 nitrogen and oxygen atoms in total. The molecule has 0 bridgehead atoms. The van der Waals surface area contributed by atoms with Crippen molar-refractivity contribution < 1.29 is 28.5 Å². The van der Waals surface area contributed by atoms with E-state index in [9.17, 15) is 9.59 Å². The van der Waals surface area contributed by atoms with Crippen LogP contribution in [0.5, 0.6) is 0 Å². The fourth-order valence-electron chi connectivity index (χ4n) is 1.26. The summed E-state index contributed by atoms with van der Waals surface area (Å²) in [6, 6.07) is 1.76. The van der Waals surface area contributed by atoms with Crippen LogP contribution in [0.3, 0.4) is 0 Å². The summed E-state index contributed by atoms with van der Waals surface area (Å²) in [6.45, 7) is 7.91. The van der Waals surface area contributed by atoms with E-state index in [0.29, 0.717) is 51.8 Å². The number of amides is 1. The molecular weight excluding hydrogens is 304 g/mol. The van der Waals surface area contributed by atoms with Gasteiger partial charge >= 0.3 is 5.97 Å².